The van der Waals surface area contributed by atoms with Gasteiger partial charge in [0, 0.05) is 11.8 Å². The van der Waals surface area contributed by atoms with Crippen LogP contribution >= 0.6 is 0 Å². The van der Waals surface area contributed by atoms with E-state index in [1.54, 1.807) is 12.1 Å². The Hall–Kier alpha value is -4.00. The van der Waals surface area contributed by atoms with Crippen LogP contribution in [-0.2, 0) is 0 Å². The Morgan fingerprint density at radius 3 is 1.96 bits per heavy atom. The molecule has 1 heterocycles. The standard InChI is InChI=1S/C20H15N3O4/c24-12-6-7-15(18(25)8-12)22-17-10-14-13(19(26)23-20(14)27)9-16(17)21-11-4-2-1-3-5-11/h1-10,21-22,24-25H,(H,23,26,27). The second kappa shape index (κ2) is 6.38. The van der Waals surface area contributed by atoms with Crippen LogP contribution in [0, 0.1) is 0 Å². The normalized spacial score (nSPS) is 12.4. The number of hydrogen-bond acceptors (Lipinski definition) is 6. The summed E-state index contributed by atoms with van der Waals surface area (Å²) in [7, 11) is 0. The third kappa shape index (κ3) is 3.13. The SMILES string of the molecule is O=C1NC(=O)c2cc(Nc3ccc(O)cc3O)c(Nc3ccccc3)cc21. The van der Waals surface area contributed by atoms with Gasteiger partial charge in [-0.3, -0.25) is 14.9 Å². The predicted octanol–water partition coefficient (Wildman–Crippen LogP) is 3.47. The Kier molecular flexibility index (Phi) is 3.89. The molecule has 0 aromatic heterocycles. The molecule has 0 bridgehead atoms. The van der Waals surface area contributed by atoms with Crippen molar-refractivity contribution in [2.75, 3.05) is 10.6 Å². The van der Waals surface area contributed by atoms with E-state index in [1.165, 1.54) is 18.2 Å². The Labute approximate surface area is 154 Å². The van der Waals surface area contributed by atoms with Gasteiger partial charge in [-0.25, -0.2) is 0 Å². The van der Waals surface area contributed by atoms with Gasteiger partial charge in [-0.15, -0.1) is 0 Å². The van der Waals surface area contributed by atoms with Crippen LogP contribution in [0.1, 0.15) is 20.7 Å². The number of amides is 2. The van der Waals surface area contributed by atoms with Gasteiger partial charge in [-0.1, -0.05) is 18.2 Å². The molecule has 0 radical (unpaired) electrons. The lowest BCUT2D eigenvalue weighted by Gasteiger charge is -2.16. The minimum absolute atomic E-state index is 0.0698. The summed E-state index contributed by atoms with van der Waals surface area (Å²) in [5.41, 5.74) is 2.70. The van der Waals surface area contributed by atoms with E-state index in [2.05, 4.69) is 16.0 Å². The van der Waals surface area contributed by atoms with E-state index in [-0.39, 0.29) is 22.6 Å². The molecular formula is C20H15N3O4. The monoisotopic (exact) mass is 361 g/mol. The molecule has 7 heteroatoms. The Morgan fingerprint density at radius 1 is 0.704 bits per heavy atom. The van der Waals surface area contributed by atoms with Gasteiger partial charge < -0.3 is 20.8 Å². The van der Waals surface area contributed by atoms with Crippen LogP contribution in [-0.4, -0.2) is 22.0 Å². The maximum Gasteiger partial charge on any atom is 0.259 e. The third-order valence-corrected chi connectivity index (χ3v) is 4.18. The van der Waals surface area contributed by atoms with Crippen molar-refractivity contribution in [1.29, 1.82) is 0 Å². The Balaban J connectivity index is 1.79. The number of rotatable bonds is 4. The van der Waals surface area contributed by atoms with E-state index in [0.29, 0.717) is 17.1 Å². The number of hydrogen-bond donors (Lipinski definition) is 5. The molecule has 0 saturated carbocycles. The van der Waals surface area contributed by atoms with Crippen molar-refractivity contribution in [3.05, 3.63) is 71.8 Å². The fraction of sp³-hybridized carbons (Fsp3) is 0. The zero-order chi connectivity index (χ0) is 19.0. The molecule has 7 nitrogen and oxygen atoms in total. The van der Waals surface area contributed by atoms with E-state index in [1.807, 2.05) is 30.3 Å². The smallest absolute Gasteiger partial charge is 0.259 e. The number of phenolic OH excluding ortho intramolecular Hbond substituents is 2. The number of nitrogens with one attached hydrogen (secondary N) is 3. The van der Waals surface area contributed by atoms with Crippen molar-refractivity contribution < 1.29 is 19.8 Å². The number of fused-ring (bicyclic) bond motifs is 1. The minimum Gasteiger partial charge on any atom is -0.508 e. The lowest BCUT2D eigenvalue weighted by molar-refractivity contribution is 0.0879. The quantitative estimate of drug-likeness (QED) is 0.276. The highest BCUT2D eigenvalue weighted by Gasteiger charge is 2.28. The van der Waals surface area contributed by atoms with Gasteiger partial charge in [0.05, 0.1) is 28.2 Å². The van der Waals surface area contributed by atoms with E-state index in [4.69, 9.17) is 0 Å². The van der Waals surface area contributed by atoms with Crippen LogP contribution in [0.15, 0.2) is 60.7 Å². The average molecular weight is 361 g/mol. The maximum atomic E-state index is 12.0. The van der Waals surface area contributed by atoms with Gasteiger partial charge in [-0.05, 0) is 36.4 Å². The molecule has 1 aliphatic rings. The van der Waals surface area contributed by atoms with E-state index < -0.39 is 11.8 Å². The first-order valence-corrected chi connectivity index (χ1v) is 8.16. The maximum absolute atomic E-state index is 12.0. The molecule has 0 unspecified atom stereocenters. The highest BCUT2D eigenvalue weighted by atomic mass is 16.3. The van der Waals surface area contributed by atoms with Crippen molar-refractivity contribution in [3.8, 4) is 11.5 Å². The molecule has 0 fully saturated rings. The molecule has 0 saturated heterocycles. The number of carbonyl (C=O) groups is 2. The first-order chi connectivity index (χ1) is 13.0. The Morgan fingerprint density at radius 2 is 1.33 bits per heavy atom. The lowest BCUT2D eigenvalue weighted by Crippen LogP contribution is -2.19. The van der Waals surface area contributed by atoms with E-state index >= 15 is 0 Å². The second-order valence-electron chi connectivity index (χ2n) is 6.04. The first-order valence-electron chi connectivity index (χ1n) is 8.16. The minimum atomic E-state index is -0.473. The molecule has 134 valence electrons. The van der Waals surface area contributed by atoms with Crippen LogP contribution in [0.3, 0.4) is 0 Å². The first kappa shape index (κ1) is 16.5. The summed E-state index contributed by atoms with van der Waals surface area (Å²) < 4.78 is 0. The molecule has 3 aromatic rings. The van der Waals surface area contributed by atoms with Crippen molar-refractivity contribution >= 4 is 34.6 Å². The van der Waals surface area contributed by atoms with E-state index in [0.717, 1.165) is 5.69 Å². The number of anilines is 4. The zero-order valence-corrected chi connectivity index (χ0v) is 14.0. The fourth-order valence-electron chi connectivity index (χ4n) is 2.87. The van der Waals surface area contributed by atoms with Crippen LogP contribution in [0.4, 0.5) is 22.7 Å². The van der Waals surface area contributed by atoms with Crippen molar-refractivity contribution in [2.24, 2.45) is 0 Å². The summed E-state index contributed by atoms with van der Waals surface area (Å²) in [5.74, 6) is -1.15. The van der Waals surface area contributed by atoms with Crippen LogP contribution in [0.2, 0.25) is 0 Å². The van der Waals surface area contributed by atoms with Crippen LogP contribution in [0.5, 0.6) is 11.5 Å². The summed E-state index contributed by atoms with van der Waals surface area (Å²) in [6.07, 6.45) is 0. The predicted molar refractivity (Wildman–Crippen MR) is 101 cm³/mol. The summed E-state index contributed by atoms with van der Waals surface area (Å²) in [4.78, 5) is 24.0. The number of para-hydroxylation sites is 1. The zero-order valence-electron chi connectivity index (χ0n) is 14.0. The molecule has 0 aliphatic carbocycles. The molecule has 27 heavy (non-hydrogen) atoms. The lowest BCUT2D eigenvalue weighted by atomic mass is 10.1. The second-order valence-corrected chi connectivity index (χ2v) is 6.04. The average Bonchev–Trinajstić information content (AvgIpc) is 2.92. The number of imide groups is 1. The third-order valence-electron chi connectivity index (χ3n) is 4.18. The number of aromatic hydroxyl groups is 2. The molecule has 0 spiro atoms. The van der Waals surface area contributed by atoms with Gasteiger partial charge in [0.15, 0.2) is 0 Å². The van der Waals surface area contributed by atoms with Crippen molar-refractivity contribution in [3.63, 3.8) is 0 Å². The largest absolute Gasteiger partial charge is 0.508 e. The van der Waals surface area contributed by atoms with E-state index in [9.17, 15) is 19.8 Å². The molecule has 4 rings (SSSR count). The van der Waals surface area contributed by atoms with Crippen LogP contribution in [0.25, 0.3) is 0 Å². The summed E-state index contributed by atoms with van der Waals surface area (Å²) in [6, 6.07) is 16.6. The molecule has 0 atom stereocenters. The molecule has 2 amide bonds. The van der Waals surface area contributed by atoms with Gasteiger partial charge in [0.1, 0.15) is 11.5 Å². The number of benzene rings is 3. The highest BCUT2D eigenvalue weighted by Crippen LogP contribution is 2.36. The number of carbonyl (C=O) groups excluding carboxylic acids is 2. The summed E-state index contributed by atoms with van der Waals surface area (Å²) >= 11 is 0. The fourth-order valence-corrected chi connectivity index (χ4v) is 2.87. The summed E-state index contributed by atoms with van der Waals surface area (Å²) in [5, 5.41) is 28.0. The molecule has 3 aromatic carbocycles. The van der Waals surface area contributed by atoms with Gasteiger partial charge in [0.25, 0.3) is 11.8 Å². The highest BCUT2D eigenvalue weighted by molar-refractivity contribution is 6.22. The van der Waals surface area contributed by atoms with Crippen molar-refractivity contribution in [1.82, 2.24) is 5.32 Å². The molecule has 5 N–H and O–H groups in total. The van der Waals surface area contributed by atoms with Crippen molar-refractivity contribution in [2.45, 2.75) is 0 Å². The molecular weight excluding hydrogens is 346 g/mol. The molecule has 1 aliphatic heterocycles. The van der Waals surface area contributed by atoms with Gasteiger partial charge in [0.2, 0.25) is 0 Å². The Bertz CT molecular complexity index is 1060. The summed E-state index contributed by atoms with van der Waals surface area (Å²) in [6.45, 7) is 0. The topological polar surface area (TPSA) is 111 Å². The van der Waals surface area contributed by atoms with Gasteiger partial charge in [-0.2, -0.15) is 0 Å². The number of phenols is 2. The van der Waals surface area contributed by atoms with Gasteiger partial charge >= 0.3 is 0 Å². The van der Waals surface area contributed by atoms with Crippen LogP contribution < -0.4 is 16.0 Å².